The van der Waals surface area contributed by atoms with Crippen molar-refractivity contribution >= 4 is 17.4 Å². The zero-order chi connectivity index (χ0) is 18.7. The minimum atomic E-state index is -0.868. The van der Waals surface area contributed by atoms with Gasteiger partial charge in [-0.05, 0) is 42.8 Å². The monoisotopic (exact) mass is 356 g/mol. The van der Waals surface area contributed by atoms with E-state index >= 15 is 0 Å². The second kappa shape index (κ2) is 7.45. The van der Waals surface area contributed by atoms with Crippen LogP contribution in [0.5, 0.6) is 0 Å². The van der Waals surface area contributed by atoms with Crippen LogP contribution >= 0.6 is 0 Å². The van der Waals surface area contributed by atoms with Crippen molar-refractivity contribution in [2.24, 2.45) is 0 Å². The normalized spacial score (nSPS) is 19.2. The van der Waals surface area contributed by atoms with Crippen molar-refractivity contribution in [3.8, 4) is 0 Å². The highest BCUT2D eigenvalue weighted by Crippen LogP contribution is 2.38. The lowest BCUT2D eigenvalue weighted by Crippen LogP contribution is -2.31. The van der Waals surface area contributed by atoms with Gasteiger partial charge >= 0.3 is 0 Å². The van der Waals surface area contributed by atoms with Crippen LogP contribution in [0.4, 0.5) is 4.39 Å². The largest absolute Gasteiger partial charge is 0.507 e. The Labute approximate surface area is 149 Å². The quantitative estimate of drug-likeness (QED) is 0.486. The topological polar surface area (TPSA) is 90.7 Å². The van der Waals surface area contributed by atoms with Gasteiger partial charge in [-0.1, -0.05) is 6.07 Å². The van der Waals surface area contributed by atoms with E-state index < -0.39 is 23.5 Å². The maximum absolute atomic E-state index is 13.1. The number of hydrogen-bond acceptors (Lipinski definition) is 5. The predicted molar refractivity (Wildman–Crippen MR) is 91.3 cm³/mol. The van der Waals surface area contributed by atoms with Crippen molar-refractivity contribution in [1.82, 2.24) is 9.88 Å². The lowest BCUT2D eigenvalue weighted by Gasteiger charge is -2.24. The smallest absolute Gasteiger partial charge is 0.295 e. The van der Waals surface area contributed by atoms with E-state index in [-0.39, 0.29) is 36.5 Å². The summed E-state index contributed by atoms with van der Waals surface area (Å²) in [6.45, 7) is -0.00157. The maximum Gasteiger partial charge on any atom is 0.295 e. The fraction of sp³-hybridized carbons (Fsp3) is 0.211. The number of ketones is 1. The van der Waals surface area contributed by atoms with Crippen LogP contribution in [0.2, 0.25) is 0 Å². The summed E-state index contributed by atoms with van der Waals surface area (Å²) in [6.07, 6.45) is 1.81. The molecule has 0 spiro atoms. The van der Waals surface area contributed by atoms with Gasteiger partial charge in [0.2, 0.25) is 0 Å². The van der Waals surface area contributed by atoms with Gasteiger partial charge in [-0.3, -0.25) is 14.6 Å². The molecule has 3 rings (SSSR count). The Kier molecular flexibility index (Phi) is 5.09. The molecule has 0 bridgehead atoms. The Balaban J connectivity index is 2.14. The van der Waals surface area contributed by atoms with Crippen LogP contribution < -0.4 is 0 Å². The fourth-order valence-corrected chi connectivity index (χ4v) is 2.96. The number of pyridine rings is 1. The van der Waals surface area contributed by atoms with Crippen LogP contribution in [0.15, 0.2) is 54.2 Å². The van der Waals surface area contributed by atoms with Crippen molar-refractivity contribution in [3.63, 3.8) is 0 Å². The number of halogens is 1. The molecule has 0 saturated carbocycles. The van der Waals surface area contributed by atoms with E-state index in [1.54, 1.807) is 18.2 Å². The van der Waals surface area contributed by atoms with E-state index in [0.29, 0.717) is 5.69 Å². The van der Waals surface area contributed by atoms with Crippen LogP contribution in [0.1, 0.15) is 23.7 Å². The number of amides is 1. The molecule has 1 fully saturated rings. The van der Waals surface area contributed by atoms with E-state index in [0.717, 1.165) is 12.1 Å². The number of nitrogens with zero attached hydrogens (tertiary/aromatic N) is 2. The standard InChI is InChI=1S/C19H17FN2O4/c20-13-7-5-12(6-8-13)17(24)15-16(14-4-1-2-9-21-14)22(10-3-11-23)19(26)18(15)25/h1-2,4-9,16,23-24H,3,10-11H2/t16-/m1/s1. The summed E-state index contributed by atoms with van der Waals surface area (Å²) in [5, 5.41) is 19.7. The van der Waals surface area contributed by atoms with Crippen LogP contribution in [0, 0.1) is 5.82 Å². The van der Waals surface area contributed by atoms with Gasteiger partial charge in [0.25, 0.3) is 11.7 Å². The number of aliphatic hydroxyl groups is 2. The van der Waals surface area contributed by atoms with Gasteiger partial charge in [-0.2, -0.15) is 0 Å². The highest BCUT2D eigenvalue weighted by atomic mass is 19.1. The number of aromatic nitrogens is 1. The summed E-state index contributed by atoms with van der Waals surface area (Å²) in [5.41, 5.74) is 0.555. The number of benzene rings is 1. The highest BCUT2D eigenvalue weighted by molar-refractivity contribution is 6.46. The molecule has 2 aromatic rings. The van der Waals surface area contributed by atoms with Crippen molar-refractivity contribution in [2.75, 3.05) is 13.2 Å². The zero-order valence-corrected chi connectivity index (χ0v) is 13.8. The second-order valence-corrected chi connectivity index (χ2v) is 5.83. The molecule has 0 unspecified atom stereocenters. The van der Waals surface area contributed by atoms with Crippen LogP contribution in [0.25, 0.3) is 5.76 Å². The van der Waals surface area contributed by atoms with Crippen molar-refractivity contribution in [2.45, 2.75) is 12.5 Å². The van der Waals surface area contributed by atoms with E-state index in [9.17, 15) is 19.1 Å². The highest BCUT2D eigenvalue weighted by Gasteiger charge is 2.46. The molecule has 7 heteroatoms. The summed E-state index contributed by atoms with van der Waals surface area (Å²) >= 11 is 0. The summed E-state index contributed by atoms with van der Waals surface area (Å²) < 4.78 is 13.1. The third kappa shape index (κ3) is 3.21. The van der Waals surface area contributed by atoms with Crippen molar-refractivity contribution in [1.29, 1.82) is 0 Å². The molecule has 1 saturated heterocycles. The molecule has 134 valence electrons. The number of likely N-dealkylation sites (tertiary alicyclic amines) is 1. The van der Waals surface area contributed by atoms with Crippen LogP contribution in [-0.2, 0) is 9.59 Å². The molecule has 2 N–H and O–H groups in total. The summed E-state index contributed by atoms with van der Waals surface area (Å²) in [6, 6.07) is 9.19. The lowest BCUT2D eigenvalue weighted by atomic mass is 9.98. The molecule has 1 atom stereocenters. The SMILES string of the molecule is O=C1C(=O)N(CCCO)[C@H](c2ccccn2)C1=C(O)c1ccc(F)cc1. The number of carbonyl (C=O) groups excluding carboxylic acids is 2. The Morgan fingerprint density at radius 3 is 2.50 bits per heavy atom. The van der Waals surface area contributed by atoms with Gasteiger partial charge in [0, 0.05) is 24.9 Å². The van der Waals surface area contributed by atoms with Crippen LogP contribution in [-0.4, -0.2) is 44.9 Å². The van der Waals surface area contributed by atoms with Crippen molar-refractivity contribution in [3.05, 3.63) is 71.3 Å². The van der Waals surface area contributed by atoms with Gasteiger partial charge < -0.3 is 15.1 Å². The third-order valence-corrected chi connectivity index (χ3v) is 4.18. The Morgan fingerprint density at radius 1 is 1.15 bits per heavy atom. The minimum Gasteiger partial charge on any atom is -0.507 e. The number of Topliss-reactive ketones (excluding diaryl/α,β-unsaturated/α-hetero) is 1. The summed E-state index contributed by atoms with van der Waals surface area (Å²) in [7, 11) is 0. The van der Waals surface area contributed by atoms with Gasteiger partial charge in [0.1, 0.15) is 17.6 Å². The van der Waals surface area contributed by atoms with Gasteiger partial charge in [-0.15, -0.1) is 0 Å². The summed E-state index contributed by atoms with van der Waals surface area (Å²) in [4.78, 5) is 30.5. The van der Waals surface area contributed by atoms with E-state index in [1.165, 1.54) is 23.2 Å². The molecule has 0 aliphatic carbocycles. The molecular weight excluding hydrogens is 339 g/mol. The molecule has 0 radical (unpaired) electrons. The van der Waals surface area contributed by atoms with E-state index in [4.69, 9.17) is 5.11 Å². The first-order valence-corrected chi connectivity index (χ1v) is 8.10. The number of rotatable bonds is 5. The Bertz CT molecular complexity index is 850. The lowest BCUT2D eigenvalue weighted by molar-refractivity contribution is -0.140. The average molecular weight is 356 g/mol. The molecule has 1 aliphatic heterocycles. The maximum atomic E-state index is 13.1. The predicted octanol–water partition coefficient (Wildman–Crippen LogP) is 2.02. The molecule has 1 aromatic heterocycles. The molecule has 26 heavy (non-hydrogen) atoms. The van der Waals surface area contributed by atoms with E-state index in [2.05, 4.69) is 4.98 Å². The number of hydrogen-bond donors (Lipinski definition) is 2. The molecule has 1 aliphatic rings. The van der Waals surface area contributed by atoms with Gasteiger partial charge in [-0.25, -0.2) is 4.39 Å². The molecule has 1 amide bonds. The first-order valence-electron chi connectivity index (χ1n) is 8.10. The number of carbonyl (C=O) groups is 2. The molecule has 2 heterocycles. The molecular formula is C19H17FN2O4. The Hall–Kier alpha value is -3.06. The van der Waals surface area contributed by atoms with Gasteiger partial charge in [0.15, 0.2) is 0 Å². The van der Waals surface area contributed by atoms with E-state index in [1.807, 2.05) is 0 Å². The number of aliphatic hydroxyl groups excluding tert-OH is 2. The third-order valence-electron chi connectivity index (χ3n) is 4.18. The summed E-state index contributed by atoms with van der Waals surface area (Å²) in [5.74, 6) is -2.46. The van der Waals surface area contributed by atoms with Crippen LogP contribution in [0.3, 0.4) is 0 Å². The van der Waals surface area contributed by atoms with Gasteiger partial charge in [0.05, 0.1) is 11.3 Å². The first kappa shape index (κ1) is 17.8. The zero-order valence-electron chi connectivity index (χ0n) is 13.8. The molecule has 1 aromatic carbocycles. The first-order chi connectivity index (χ1) is 12.5. The van der Waals surface area contributed by atoms with Crippen molar-refractivity contribution < 1.29 is 24.2 Å². The Morgan fingerprint density at radius 2 is 1.88 bits per heavy atom. The second-order valence-electron chi connectivity index (χ2n) is 5.83. The minimum absolute atomic E-state index is 0.0988. The molecule has 6 nitrogen and oxygen atoms in total. The average Bonchev–Trinajstić information content (AvgIpc) is 2.91. The fourth-order valence-electron chi connectivity index (χ4n) is 2.96.